The Morgan fingerprint density at radius 2 is 2.05 bits per heavy atom. The van der Waals surface area contributed by atoms with Gasteiger partial charge in [-0.15, -0.1) is 0 Å². The smallest absolute Gasteiger partial charge is 0.335 e. The van der Waals surface area contributed by atoms with Crippen LogP contribution in [0.5, 0.6) is 5.75 Å². The molecule has 2 saturated heterocycles. The first kappa shape index (κ1) is 25.1. The van der Waals surface area contributed by atoms with Crippen molar-refractivity contribution >= 4 is 22.6 Å². The molecule has 1 aromatic heterocycles. The third-order valence-corrected chi connectivity index (χ3v) is 8.61. The predicted octanol–water partition coefficient (Wildman–Crippen LogP) is 5.75. The fourth-order valence-corrected chi connectivity index (χ4v) is 6.67. The number of carbonyl (C=O) groups is 1. The molecule has 9 heteroatoms. The van der Waals surface area contributed by atoms with E-state index in [2.05, 4.69) is 21.3 Å². The number of aromatic carboxylic acids is 1. The number of nitrogens with zero attached hydrogens (tertiary/aromatic N) is 1. The number of anilines is 1. The number of aryl methyl sites for hydroxylation is 1. The van der Waals surface area contributed by atoms with E-state index in [1.165, 1.54) is 0 Å². The first-order valence-electron chi connectivity index (χ1n) is 13.1. The van der Waals surface area contributed by atoms with Crippen molar-refractivity contribution in [1.29, 1.82) is 0 Å². The van der Waals surface area contributed by atoms with E-state index in [0.29, 0.717) is 39.1 Å². The molecule has 3 fully saturated rings. The molecule has 3 N–H and O–H groups in total. The fourth-order valence-electron chi connectivity index (χ4n) is 6.67. The summed E-state index contributed by atoms with van der Waals surface area (Å²) < 4.78 is 39.4. The second-order valence-electron chi connectivity index (χ2n) is 11.3. The molecule has 2 aromatic carbocycles. The van der Waals surface area contributed by atoms with Gasteiger partial charge in [0, 0.05) is 53.8 Å². The Balaban J connectivity index is 1.41. The molecule has 3 heterocycles. The number of H-pyrrole nitrogens is 1. The van der Waals surface area contributed by atoms with Crippen molar-refractivity contribution in [3.05, 3.63) is 58.8 Å². The molecule has 38 heavy (non-hydrogen) atoms. The van der Waals surface area contributed by atoms with Crippen LogP contribution in [0.1, 0.15) is 58.8 Å². The number of halogens is 2. The quantitative estimate of drug-likeness (QED) is 0.364. The molecule has 3 aromatic rings. The van der Waals surface area contributed by atoms with Gasteiger partial charge in [-0.1, -0.05) is 6.07 Å². The number of carboxylic acids is 1. The van der Waals surface area contributed by atoms with Gasteiger partial charge in [0.1, 0.15) is 5.75 Å². The first-order valence-corrected chi connectivity index (χ1v) is 13.1. The van der Waals surface area contributed by atoms with Gasteiger partial charge < -0.3 is 24.9 Å². The van der Waals surface area contributed by atoms with E-state index >= 15 is 0 Å². The summed E-state index contributed by atoms with van der Waals surface area (Å²) >= 11 is 0. The lowest BCUT2D eigenvalue weighted by Gasteiger charge is -2.55. The zero-order chi connectivity index (χ0) is 26.7. The van der Waals surface area contributed by atoms with Crippen LogP contribution in [0.25, 0.3) is 10.9 Å². The second-order valence-corrected chi connectivity index (χ2v) is 11.3. The highest BCUT2D eigenvalue weighted by atomic mass is 19.3. The SMILES string of the molecule is COc1cc(C)c2[nH]ccc2c1CN1CCC2(C[C@H]1c1ccc(C(=O)O)cc1NC1COC1)CC(F)(F)C2. The summed E-state index contributed by atoms with van der Waals surface area (Å²) in [5.74, 6) is -2.81. The Morgan fingerprint density at radius 3 is 2.71 bits per heavy atom. The van der Waals surface area contributed by atoms with Crippen molar-refractivity contribution in [3.8, 4) is 5.75 Å². The number of nitrogens with one attached hydrogen (secondary N) is 2. The maximum absolute atomic E-state index is 14.1. The van der Waals surface area contributed by atoms with Gasteiger partial charge in [-0.2, -0.15) is 0 Å². The molecule has 1 aliphatic carbocycles. The molecule has 7 nitrogen and oxygen atoms in total. The highest BCUT2D eigenvalue weighted by molar-refractivity contribution is 5.89. The van der Waals surface area contributed by atoms with Gasteiger partial charge in [0.05, 0.1) is 31.9 Å². The van der Waals surface area contributed by atoms with E-state index in [-0.39, 0.29) is 30.5 Å². The number of rotatable bonds is 7. The molecule has 3 aliphatic rings. The molecule has 6 rings (SSSR count). The minimum Gasteiger partial charge on any atom is -0.496 e. The van der Waals surface area contributed by atoms with Gasteiger partial charge in [-0.25, -0.2) is 13.6 Å². The van der Waals surface area contributed by atoms with Gasteiger partial charge in [-0.05, 0) is 67.1 Å². The Labute approximate surface area is 220 Å². The number of likely N-dealkylation sites (tertiary alicyclic amines) is 1. The molecule has 0 unspecified atom stereocenters. The second kappa shape index (κ2) is 9.24. The average Bonchev–Trinajstić information content (AvgIpc) is 3.33. The molecular weight excluding hydrogens is 492 g/mol. The van der Waals surface area contributed by atoms with Crippen LogP contribution in [0.3, 0.4) is 0 Å². The van der Waals surface area contributed by atoms with Crippen LogP contribution in [0, 0.1) is 12.3 Å². The number of aromatic nitrogens is 1. The van der Waals surface area contributed by atoms with E-state index in [4.69, 9.17) is 9.47 Å². The zero-order valence-corrected chi connectivity index (χ0v) is 21.7. The number of benzene rings is 2. The highest BCUT2D eigenvalue weighted by Crippen LogP contribution is 2.61. The van der Waals surface area contributed by atoms with Crippen LogP contribution < -0.4 is 10.1 Å². The lowest BCUT2D eigenvalue weighted by Crippen LogP contribution is -2.53. The summed E-state index contributed by atoms with van der Waals surface area (Å²) in [7, 11) is 1.67. The van der Waals surface area contributed by atoms with Crippen LogP contribution in [-0.4, -0.2) is 59.8 Å². The normalized spacial score (nSPS) is 22.7. The Bertz CT molecular complexity index is 1380. The van der Waals surface area contributed by atoms with Gasteiger partial charge >= 0.3 is 5.97 Å². The monoisotopic (exact) mass is 525 g/mol. The van der Waals surface area contributed by atoms with Crippen LogP contribution in [0.15, 0.2) is 36.5 Å². The lowest BCUT2D eigenvalue weighted by molar-refractivity contribution is -0.186. The molecule has 0 bridgehead atoms. The van der Waals surface area contributed by atoms with Crippen molar-refractivity contribution < 1.29 is 28.2 Å². The molecule has 0 amide bonds. The highest BCUT2D eigenvalue weighted by Gasteiger charge is 2.58. The molecule has 202 valence electrons. The minimum absolute atomic E-state index is 0.0906. The van der Waals surface area contributed by atoms with E-state index in [1.807, 2.05) is 25.3 Å². The van der Waals surface area contributed by atoms with Crippen LogP contribution >= 0.6 is 0 Å². The van der Waals surface area contributed by atoms with E-state index in [1.54, 1.807) is 19.2 Å². The minimum atomic E-state index is -2.61. The third kappa shape index (κ3) is 4.41. The predicted molar refractivity (Wildman–Crippen MR) is 140 cm³/mol. The molecule has 0 radical (unpaired) electrons. The topological polar surface area (TPSA) is 86.8 Å². The van der Waals surface area contributed by atoms with Gasteiger partial charge in [0.25, 0.3) is 0 Å². The number of ether oxygens (including phenoxy) is 2. The number of piperidine rings is 1. The number of aromatic amines is 1. The van der Waals surface area contributed by atoms with Crippen LogP contribution in [0.4, 0.5) is 14.5 Å². The summed E-state index contributed by atoms with van der Waals surface area (Å²) in [4.78, 5) is 17.5. The number of alkyl halides is 2. The van der Waals surface area contributed by atoms with Crippen molar-refractivity contribution in [2.45, 2.75) is 57.2 Å². The van der Waals surface area contributed by atoms with Gasteiger partial charge in [-0.3, -0.25) is 4.90 Å². The number of carboxylic acid groups (broad SMARTS) is 1. The summed E-state index contributed by atoms with van der Waals surface area (Å²) in [6.07, 6.45) is 3.04. The van der Waals surface area contributed by atoms with Gasteiger partial charge in [0.2, 0.25) is 5.92 Å². The zero-order valence-electron chi connectivity index (χ0n) is 21.7. The number of fused-ring (bicyclic) bond motifs is 1. The van der Waals surface area contributed by atoms with Crippen LogP contribution in [0.2, 0.25) is 0 Å². The summed E-state index contributed by atoms with van der Waals surface area (Å²) in [6.45, 7) is 4.39. The molecule has 1 atom stereocenters. The Kier molecular flexibility index (Phi) is 6.11. The van der Waals surface area contributed by atoms with E-state index in [0.717, 1.165) is 39.0 Å². The summed E-state index contributed by atoms with van der Waals surface area (Å²) in [5, 5.41) is 14.2. The number of methoxy groups -OCH3 is 1. The van der Waals surface area contributed by atoms with Gasteiger partial charge in [0.15, 0.2) is 0 Å². The van der Waals surface area contributed by atoms with Crippen molar-refractivity contribution in [2.75, 3.05) is 32.2 Å². The number of hydrogen-bond donors (Lipinski definition) is 3. The largest absolute Gasteiger partial charge is 0.496 e. The van der Waals surface area contributed by atoms with Crippen molar-refractivity contribution in [2.24, 2.45) is 5.41 Å². The van der Waals surface area contributed by atoms with Crippen LogP contribution in [-0.2, 0) is 11.3 Å². The van der Waals surface area contributed by atoms with E-state index < -0.39 is 17.3 Å². The fraction of sp³-hybridized carbons (Fsp3) is 0.483. The van der Waals surface area contributed by atoms with E-state index in [9.17, 15) is 18.7 Å². The standard InChI is InChI=1S/C29H33F2N3O4/c1-17-9-25(37-2)22(20-5-7-32-26(17)20)12-34-8-6-28(15-29(30,31)16-28)11-24(34)21-4-3-18(27(35)36)10-23(21)33-19-13-38-14-19/h3-5,7,9-10,19,24,32-33H,6,8,11-16H2,1-2H3,(H,35,36)/t24-/m0/s1. The third-order valence-electron chi connectivity index (χ3n) is 8.61. The Morgan fingerprint density at radius 1 is 1.26 bits per heavy atom. The number of hydrogen-bond acceptors (Lipinski definition) is 5. The molecule has 2 aliphatic heterocycles. The lowest BCUT2D eigenvalue weighted by atomic mass is 9.58. The molecular formula is C29H33F2N3O4. The first-order chi connectivity index (χ1) is 18.2. The van der Waals surface area contributed by atoms with Crippen molar-refractivity contribution in [3.63, 3.8) is 0 Å². The maximum Gasteiger partial charge on any atom is 0.335 e. The maximum atomic E-state index is 14.1. The Hall–Kier alpha value is -3.17. The van der Waals surface area contributed by atoms with Crippen molar-refractivity contribution in [1.82, 2.24) is 9.88 Å². The molecule has 1 spiro atoms. The summed E-state index contributed by atoms with van der Waals surface area (Å²) in [5.41, 5.74) is 4.66. The molecule has 1 saturated carbocycles. The average molecular weight is 526 g/mol. The summed E-state index contributed by atoms with van der Waals surface area (Å²) in [6, 6.07) is 9.16.